The number of nitrogen functional groups attached to an aromatic ring is 1. The predicted octanol–water partition coefficient (Wildman–Crippen LogP) is 2.27. The molecule has 0 saturated heterocycles. The van der Waals surface area contributed by atoms with Crippen molar-refractivity contribution in [3.8, 4) is 0 Å². The highest BCUT2D eigenvalue weighted by atomic mass is 16.6. The molecule has 1 saturated carbocycles. The van der Waals surface area contributed by atoms with E-state index in [0.717, 1.165) is 19.3 Å². The minimum atomic E-state index is -0.427. The largest absolute Gasteiger partial charge is 0.361 e. The molecule has 1 fully saturated rings. The van der Waals surface area contributed by atoms with Gasteiger partial charge in [-0.1, -0.05) is 19.8 Å². The number of hydrogen-bond donors (Lipinski definition) is 3. The second-order valence-corrected chi connectivity index (χ2v) is 4.98. The van der Waals surface area contributed by atoms with Crippen LogP contribution in [0.1, 0.15) is 32.6 Å². The third-order valence-corrected chi connectivity index (χ3v) is 3.65. The maximum atomic E-state index is 11.0. The highest BCUT2D eigenvalue weighted by Crippen LogP contribution is 2.30. The number of hydrazine groups is 1. The summed E-state index contributed by atoms with van der Waals surface area (Å²) in [5, 5.41) is 14.2. The number of rotatable bonds is 4. The minimum absolute atomic E-state index is 0.0169. The molecule has 7 nitrogen and oxygen atoms in total. The Labute approximate surface area is 111 Å². The molecule has 0 amide bonds. The summed E-state index contributed by atoms with van der Waals surface area (Å²) >= 11 is 0. The Hall–Kier alpha value is -1.89. The molecule has 2 unspecified atom stereocenters. The number of nitrogens with one attached hydrogen (secondary N) is 2. The van der Waals surface area contributed by atoms with Crippen LogP contribution in [0.3, 0.4) is 0 Å². The van der Waals surface area contributed by atoms with E-state index in [0.29, 0.717) is 17.6 Å². The maximum absolute atomic E-state index is 11.0. The zero-order valence-electron chi connectivity index (χ0n) is 10.9. The molecule has 0 aromatic carbocycles. The molecule has 1 aromatic rings. The Morgan fingerprint density at radius 1 is 1.42 bits per heavy atom. The molecule has 1 aromatic heterocycles. The predicted molar refractivity (Wildman–Crippen MR) is 73.7 cm³/mol. The highest BCUT2D eigenvalue weighted by Gasteiger charge is 2.25. The first-order valence-electron chi connectivity index (χ1n) is 6.50. The van der Waals surface area contributed by atoms with Gasteiger partial charge >= 0.3 is 5.69 Å². The van der Waals surface area contributed by atoms with Gasteiger partial charge in [0.15, 0.2) is 0 Å². The average Bonchev–Trinajstić information content (AvgIpc) is 2.41. The first kappa shape index (κ1) is 13.5. The lowest BCUT2D eigenvalue weighted by Gasteiger charge is -2.29. The van der Waals surface area contributed by atoms with E-state index in [4.69, 9.17) is 5.84 Å². The van der Waals surface area contributed by atoms with Gasteiger partial charge in [-0.05, 0) is 24.8 Å². The van der Waals surface area contributed by atoms with E-state index in [9.17, 15) is 10.1 Å². The van der Waals surface area contributed by atoms with Gasteiger partial charge in [-0.25, -0.2) is 10.8 Å². The van der Waals surface area contributed by atoms with E-state index in [-0.39, 0.29) is 11.7 Å². The Morgan fingerprint density at radius 3 is 2.79 bits per heavy atom. The van der Waals surface area contributed by atoms with Gasteiger partial charge in [-0.2, -0.15) is 0 Å². The van der Waals surface area contributed by atoms with Crippen LogP contribution in [0.4, 0.5) is 17.3 Å². The standard InChI is InChI=1S/C12H19N5O2/c1-8-4-2-3-5-9(8)14-12-10(17(18)19)6-7-11(15-12)16-13/h6-9H,2-5,13H2,1H3,(H2,14,15,16). The van der Waals surface area contributed by atoms with E-state index in [1.807, 2.05) is 0 Å². The van der Waals surface area contributed by atoms with Crippen molar-refractivity contribution in [2.45, 2.75) is 38.6 Å². The number of aromatic nitrogens is 1. The molecule has 0 spiro atoms. The summed E-state index contributed by atoms with van der Waals surface area (Å²) < 4.78 is 0. The SMILES string of the molecule is CC1CCCCC1Nc1nc(NN)ccc1[N+](=O)[O-]. The molecular weight excluding hydrogens is 246 g/mol. The molecule has 1 aliphatic rings. The molecule has 0 radical (unpaired) electrons. The van der Waals surface area contributed by atoms with Gasteiger partial charge in [0.1, 0.15) is 5.82 Å². The Kier molecular flexibility index (Phi) is 4.16. The molecule has 2 rings (SSSR count). The normalized spacial score (nSPS) is 22.8. The zero-order chi connectivity index (χ0) is 13.8. The van der Waals surface area contributed by atoms with Gasteiger partial charge in [0, 0.05) is 12.1 Å². The van der Waals surface area contributed by atoms with E-state index in [1.54, 1.807) is 0 Å². The van der Waals surface area contributed by atoms with E-state index < -0.39 is 4.92 Å². The Bertz CT molecular complexity index is 465. The number of hydrogen-bond acceptors (Lipinski definition) is 6. The van der Waals surface area contributed by atoms with Gasteiger partial charge in [-0.15, -0.1) is 0 Å². The molecule has 4 N–H and O–H groups in total. The number of anilines is 2. The van der Waals surface area contributed by atoms with Crippen LogP contribution in [0.5, 0.6) is 0 Å². The fourth-order valence-electron chi connectivity index (χ4n) is 2.49. The van der Waals surface area contributed by atoms with E-state index in [2.05, 4.69) is 22.7 Å². The first-order valence-corrected chi connectivity index (χ1v) is 6.50. The van der Waals surface area contributed by atoms with Crippen LogP contribution in [0, 0.1) is 16.0 Å². The van der Waals surface area contributed by atoms with E-state index in [1.165, 1.54) is 18.6 Å². The van der Waals surface area contributed by atoms with Crippen LogP contribution in [0.15, 0.2) is 12.1 Å². The highest BCUT2D eigenvalue weighted by molar-refractivity contribution is 5.60. The molecule has 1 aliphatic carbocycles. The lowest BCUT2D eigenvalue weighted by molar-refractivity contribution is -0.384. The summed E-state index contributed by atoms with van der Waals surface area (Å²) in [5.41, 5.74) is 2.39. The van der Waals surface area contributed by atoms with Gasteiger partial charge in [0.05, 0.1) is 4.92 Å². The second-order valence-electron chi connectivity index (χ2n) is 4.98. The Balaban J connectivity index is 2.23. The monoisotopic (exact) mass is 265 g/mol. The van der Waals surface area contributed by atoms with E-state index >= 15 is 0 Å². The summed E-state index contributed by atoms with van der Waals surface area (Å²) in [5.74, 6) is 6.49. The molecule has 0 aliphatic heterocycles. The fraction of sp³-hybridized carbons (Fsp3) is 0.583. The van der Waals surface area contributed by atoms with Gasteiger partial charge in [-0.3, -0.25) is 10.1 Å². The summed E-state index contributed by atoms with van der Waals surface area (Å²) in [4.78, 5) is 14.7. The van der Waals surface area contributed by atoms with Gasteiger partial charge in [0.2, 0.25) is 5.82 Å². The summed E-state index contributed by atoms with van der Waals surface area (Å²) in [7, 11) is 0. The van der Waals surface area contributed by atoms with Crippen LogP contribution < -0.4 is 16.6 Å². The molecule has 104 valence electrons. The number of nitrogens with two attached hydrogens (primary N) is 1. The van der Waals surface area contributed by atoms with Crippen molar-refractivity contribution >= 4 is 17.3 Å². The molecule has 0 bridgehead atoms. The van der Waals surface area contributed by atoms with Crippen molar-refractivity contribution < 1.29 is 4.92 Å². The lowest BCUT2D eigenvalue weighted by Crippen LogP contribution is -2.31. The van der Waals surface area contributed by atoms with Crippen LogP contribution in [-0.2, 0) is 0 Å². The summed E-state index contributed by atoms with van der Waals surface area (Å²) in [6.07, 6.45) is 4.52. The summed E-state index contributed by atoms with van der Waals surface area (Å²) in [6, 6.07) is 3.14. The smallest absolute Gasteiger partial charge is 0.311 e. The lowest BCUT2D eigenvalue weighted by atomic mass is 9.86. The molecule has 19 heavy (non-hydrogen) atoms. The van der Waals surface area contributed by atoms with Crippen molar-refractivity contribution in [2.75, 3.05) is 10.7 Å². The topological polar surface area (TPSA) is 106 Å². The third kappa shape index (κ3) is 3.11. The van der Waals surface area contributed by atoms with Crippen molar-refractivity contribution in [1.29, 1.82) is 0 Å². The summed E-state index contributed by atoms with van der Waals surface area (Å²) in [6.45, 7) is 2.16. The molecular formula is C12H19N5O2. The number of nitro groups is 1. The first-order chi connectivity index (χ1) is 9.11. The number of nitrogens with zero attached hydrogens (tertiary/aromatic N) is 2. The number of pyridine rings is 1. The van der Waals surface area contributed by atoms with Gasteiger partial charge in [0.25, 0.3) is 0 Å². The van der Waals surface area contributed by atoms with Gasteiger partial charge < -0.3 is 10.7 Å². The molecule has 7 heteroatoms. The average molecular weight is 265 g/mol. The van der Waals surface area contributed by atoms with Crippen molar-refractivity contribution in [3.63, 3.8) is 0 Å². The zero-order valence-corrected chi connectivity index (χ0v) is 10.9. The van der Waals surface area contributed by atoms with Crippen LogP contribution in [0.25, 0.3) is 0 Å². The quantitative estimate of drug-likeness (QED) is 0.438. The fourth-order valence-corrected chi connectivity index (χ4v) is 2.49. The molecule has 2 atom stereocenters. The second kappa shape index (κ2) is 5.83. The minimum Gasteiger partial charge on any atom is -0.361 e. The molecule has 1 heterocycles. The third-order valence-electron chi connectivity index (χ3n) is 3.65. The van der Waals surface area contributed by atoms with Crippen molar-refractivity contribution in [1.82, 2.24) is 4.98 Å². The van der Waals surface area contributed by atoms with Crippen molar-refractivity contribution in [3.05, 3.63) is 22.2 Å². The van der Waals surface area contributed by atoms with Crippen LogP contribution in [-0.4, -0.2) is 15.9 Å². The van der Waals surface area contributed by atoms with Crippen LogP contribution in [0.2, 0.25) is 0 Å². The van der Waals surface area contributed by atoms with Crippen LogP contribution >= 0.6 is 0 Å². The van der Waals surface area contributed by atoms with Crippen molar-refractivity contribution in [2.24, 2.45) is 11.8 Å². The Morgan fingerprint density at radius 2 is 2.16 bits per heavy atom. The maximum Gasteiger partial charge on any atom is 0.311 e.